The van der Waals surface area contributed by atoms with Crippen molar-refractivity contribution in [3.05, 3.63) is 18.3 Å². The molecule has 0 aliphatic carbocycles. The highest BCUT2D eigenvalue weighted by Gasteiger charge is 2.21. The standard InChI is InChI=1S/C12H21N3/c1-9(2)12(3,4)8-15-10-5-6-14-11(13)7-10/h5-7,9H,8H2,1-4H3,(H3,13,14,15). The van der Waals surface area contributed by atoms with Gasteiger partial charge in [0.1, 0.15) is 5.82 Å². The average Bonchev–Trinajstić information content (AvgIpc) is 2.15. The molecule has 0 aromatic carbocycles. The van der Waals surface area contributed by atoms with Crippen LogP contribution in [0.4, 0.5) is 11.5 Å². The molecule has 0 saturated heterocycles. The number of anilines is 2. The second kappa shape index (κ2) is 4.51. The van der Waals surface area contributed by atoms with Gasteiger partial charge in [-0.15, -0.1) is 0 Å². The van der Waals surface area contributed by atoms with Crippen LogP contribution in [0.3, 0.4) is 0 Å². The van der Waals surface area contributed by atoms with Gasteiger partial charge in [-0.05, 0) is 17.4 Å². The summed E-state index contributed by atoms with van der Waals surface area (Å²) in [5, 5.41) is 3.39. The number of nitrogens with two attached hydrogens (primary N) is 1. The Morgan fingerprint density at radius 3 is 2.67 bits per heavy atom. The number of rotatable bonds is 4. The third kappa shape index (κ3) is 3.42. The zero-order chi connectivity index (χ0) is 11.5. The summed E-state index contributed by atoms with van der Waals surface area (Å²) in [6.45, 7) is 9.93. The van der Waals surface area contributed by atoms with Crippen molar-refractivity contribution in [1.29, 1.82) is 0 Å². The van der Waals surface area contributed by atoms with Gasteiger partial charge in [0.05, 0.1) is 0 Å². The van der Waals surface area contributed by atoms with Crippen LogP contribution in [-0.2, 0) is 0 Å². The summed E-state index contributed by atoms with van der Waals surface area (Å²) in [5.74, 6) is 1.20. The minimum Gasteiger partial charge on any atom is -0.384 e. The van der Waals surface area contributed by atoms with Gasteiger partial charge in [-0.1, -0.05) is 27.7 Å². The lowest BCUT2D eigenvalue weighted by Crippen LogP contribution is -2.28. The molecule has 1 rings (SSSR count). The van der Waals surface area contributed by atoms with Crippen LogP contribution in [0.15, 0.2) is 18.3 Å². The molecular weight excluding hydrogens is 186 g/mol. The van der Waals surface area contributed by atoms with Gasteiger partial charge in [0.15, 0.2) is 0 Å². The van der Waals surface area contributed by atoms with Gasteiger partial charge in [0.2, 0.25) is 0 Å². The fraction of sp³-hybridized carbons (Fsp3) is 0.583. The molecule has 3 nitrogen and oxygen atoms in total. The predicted octanol–water partition coefficient (Wildman–Crippen LogP) is 2.76. The van der Waals surface area contributed by atoms with Crippen molar-refractivity contribution in [2.45, 2.75) is 27.7 Å². The summed E-state index contributed by atoms with van der Waals surface area (Å²) >= 11 is 0. The molecule has 0 unspecified atom stereocenters. The predicted molar refractivity (Wildman–Crippen MR) is 65.8 cm³/mol. The van der Waals surface area contributed by atoms with E-state index in [4.69, 9.17) is 5.73 Å². The highest BCUT2D eigenvalue weighted by Crippen LogP contribution is 2.26. The molecule has 1 heterocycles. The summed E-state index contributed by atoms with van der Waals surface area (Å²) in [5.41, 5.74) is 6.92. The zero-order valence-corrected chi connectivity index (χ0v) is 10.0. The monoisotopic (exact) mass is 207 g/mol. The van der Waals surface area contributed by atoms with Gasteiger partial charge in [-0.3, -0.25) is 0 Å². The molecule has 0 aliphatic rings. The Morgan fingerprint density at radius 2 is 2.13 bits per heavy atom. The van der Waals surface area contributed by atoms with Crippen LogP contribution in [0.1, 0.15) is 27.7 Å². The molecule has 15 heavy (non-hydrogen) atoms. The molecule has 0 amide bonds. The van der Waals surface area contributed by atoms with Crippen LogP contribution >= 0.6 is 0 Å². The molecule has 0 radical (unpaired) electrons. The Bertz CT molecular complexity index is 318. The van der Waals surface area contributed by atoms with Crippen molar-refractivity contribution in [2.75, 3.05) is 17.6 Å². The number of nitrogens with zero attached hydrogens (tertiary/aromatic N) is 1. The normalized spacial score (nSPS) is 11.8. The maximum Gasteiger partial charge on any atom is 0.125 e. The van der Waals surface area contributed by atoms with Crippen LogP contribution in [0.5, 0.6) is 0 Å². The van der Waals surface area contributed by atoms with Crippen molar-refractivity contribution in [3.63, 3.8) is 0 Å². The first-order chi connectivity index (χ1) is 6.92. The zero-order valence-electron chi connectivity index (χ0n) is 10.0. The molecule has 1 aromatic heterocycles. The summed E-state index contributed by atoms with van der Waals surface area (Å²) in [6, 6.07) is 3.79. The van der Waals surface area contributed by atoms with Gasteiger partial charge >= 0.3 is 0 Å². The first kappa shape index (κ1) is 11.8. The molecule has 0 spiro atoms. The van der Waals surface area contributed by atoms with Crippen LogP contribution in [0.2, 0.25) is 0 Å². The lowest BCUT2D eigenvalue weighted by atomic mass is 9.81. The van der Waals surface area contributed by atoms with Crippen LogP contribution < -0.4 is 11.1 Å². The summed E-state index contributed by atoms with van der Waals surface area (Å²) in [7, 11) is 0. The molecular formula is C12H21N3. The SMILES string of the molecule is CC(C)C(C)(C)CNc1ccnc(N)c1. The Labute approximate surface area is 92.1 Å². The number of aromatic nitrogens is 1. The third-order valence-electron chi connectivity index (χ3n) is 3.09. The molecule has 0 bridgehead atoms. The maximum atomic E-state index is 5.61. The van der Waals surface area contributed by atoms with Crippen molar-refractivity contribution in [1.82, 2.24) is 4.98 Å². The Hall–Kier alpha value is -1.25. The minimum absolute atomic E-state index is 0.276. The van der Waals surface area contributed by atoms with E-state index in [1.807, 2.05) is 12.1 Å². The Morgan fingerprint density at radius 1 is 1.47 bits per heavy atom. The van der Waals surface area contributed by atoms with E-state index >= 15 is 0 Å². The first-order valence-electron chi connectivity index (χ1n) is 5.37. The molecule has 3 heteroatoms. The van der Waals surface area contributed by atoms with Crippen LogP contribution in [0.25, 0.3) is 0 Å². The molecule has 1 aromatic rings. The number of hydrogen-bond donors (Lipinski definition) is 2. The van der Waals surface area contributed by atoms with E-state index in [0.717, 1.165) is 12.2 Å². The van der Waals surface area contributed by atoms with Crippen LogP contribution in [-0.4, -0.2) is 11.5 Å². The molecule has 3 N–H and O–H groups in total. The highest BCUT2D eigenvalue weighted by atomic mass is 14.9. The van der Waals surface area contributed by atoms with Gasteiger partial charge < -0.3 is 11.1 Å². The molecule has 0 saturated carbocycles. The summed E-state index contributed by atoms with van der Waals surface area (Å²) in [6.07, 6.45) is 1.72. The van der Waals surface area contributed by atoms with E-state index < -0.39 is 0 Å². The number of nitrogens with one attached hydrogen (secondary N) is 1. The van der Waals surface area contributed by atoms with Gasteiger partial charge in [-0.25, -0.2) is 4.98 Å². The fourth-order valence-electron chi connectivity index (χ4n) is 1.09. The second-order valence-corrected chi connectivity index (χ2v) is 4.97. The van der Waals surface area contributed by atoms with E-state index in [-0.39, 0.29) is 5.41 Å². The second-order valence-electron chi connectivity index (χ2n) is 4.97. The summed E-state index contributed by atoms with van der Waals surface area (Å²) in [4.78, 5) is 3.96. The molecule has 84 valence electrons. The third-order valence-corrected chi connectivity index (χ3v) is 3.09. The topological polar surface area (TPSA) is 50.9 Å². The number of pyridine rings is 1. The van der Waals surface area contributed by atoms with Gasteiger partial charge in [0.25, 0.3) is 0 Å². The Balaban J connectivity index is 2.57. The van der Waals surface area contributed by atoms with E-state index in [9.17, 15) is 0 Å². The van der Waals surface area contributed by atoms with Crippen LogP contribution in [0, 0.1) is 11.3 Å². The first-order valence-corrected chi connectivity index (χ1v) is 5.37. The maximum absolute atomic E-state index is 5.61. The van der Waals surface area contributed by atoms with Crippen molar-refractivity contribution in [2.24, 2.45) is 11.3 Å². The number of nitrogen functional groups attached to an aromatic ring is 1. The lowest BCUT2D eigenvalue weighted by molar-refractivity contribution is 0.269. The van der Waals surface area contributed by atoms with E-state index in [1.54, 1.807) is 6.20 Å². The lowest BCUT2D eigenvalue weighted by Gasteiger charge is -2.29. The highest BCUT2D eigenvalue weighted by molar-refractivity contribution is 5.49. The van der Waals surface area contributed by atoms with E-state index in [2.05, 4.69) is 38.0 Å². The van der Waals surface area contributed by atoms with Crippen molar-refractivity contribution >= 4 is 11.5 Å². The number of hydrogen-bond acceptors (Lipinski definition) is 3. The molecule has 0 aliphatic heterocycles. The largest absolute Gasteiger partial charge is 0.384 e. The quantitative estimate of drug-likeness (QED) is 0.798. The minimum atomic E-state index is 0.276. The molecule has 0 atom stereocenters. The van der Waals surface area contributed by atoms with E-state index in [0.29, 0.717) is 11.7 Å². The van der Waals surface area contributed by atoms with E-state index in [1.165, 1.54) is 0 Å². The van der Waals surface area contributed by atoms with Gasteiger partial charge in [0, 0.05) is 24.5 Å². The van der Waals surface area contributed by atoms with Crippen molar-refractivity contribution in [3.8, 4) is 0 Å². The van der Waals surface area contributed by atoms with Crippen molar-refractivity contribution < 1.29 is 0 Å². The smallest absolute Gasteiger partial charge is 0.125 e. The molecule has 0 fully saturated rings. The average molecular weight is 207 g/mol. The fourth-order valence-corrected chi connectivity index (χ4v) is 1.09. The van der Waals surface area contributed by atoms with Gasteiger partial charge in [-0.2, -0.15) is 0 Å². The Kier molecular flexibility index (Phi) is 3.56. The summed E-state index contributed by atoms with van der Waals surface area (Å²) < 4.78 is 0.